The number of aliphatic hydroxyl groups excluding tert-OH is 1. The number of fused-ring (bicyclic) bond motifs is 1. The van der Waals surface area contributed by atoms with Crippen molar-refractivity contribution in [2.45, 2.75) is 39.5 Å². The molecule has 31 heavy (non-hydrogen) atoms. The van der Waals surface area contributed by atoms with Crippen molar-refractivity contribution in [3.05, 3.63) is 65.4 Å². The minimum atomic E-state index is -0.283. The Morgan fingerprint density at radius 3 is 2.77 bits per heavy atom. The lowest BCUT2D eigenvalue weighted by atomic mass is 9.99. The normalized spacial score (nSPS) is 20.3. The van der Waals surface area contributed by atoms with Crippen molar-refractivity contribution in [2.75, 3.05) is 26.7 Å². The maximum atomic E-state index is 13.3. The summed E-state index contributed by atoms with van der Waals surface area (Å²) in [5.74, 6) is 0.276. The average molecular weight is 424 g/mol. The van der Waals surface area contributed by atoms with Gasteiger partial charge in [0, 0.05) is 31.7 Å². The van der Waals surface area contributed by atoms with Crippen LogP contribution in [0.4, 0.5) is 0 Å². The van der Waals surface area contributed by atoms with E-state index in [2.05, 4.69) is 36.0 Å². The first-order valence-electron chi connectivity index (χ1n) is 10.9. The van der Waals surface area contributed by atoms with Crippen molar-refractivity contribution in [1.29, 1.82) is 0 Å². The van der Waals surface area contributed by atoms with E-state index in [4.69, 9.17) is 4.74 Å². The first-order chi connectivity index (χ1) is 14.9. The van der Waals surface area contributed by atoms with Crippen LogP contribution in [0.5, 0.6) is 5.88 Å². The summed E-state index contributed by atoms with van der Waals surface area (Å²) in [5, 5.41) is 9.76. The molecule has 3 atom stereocenters. The summed E-state index contributed by atoms with van der Waals surface area (Å²) >= 11 is 0. The van der Waals surface area contributed by atoms with Crippen LogP contribution in [-0.4, -0.2) is 64.7 Å². The minimum absolute atomic E-state index is 0.0707. The second-order valence-electron chi connectivity index (χ2n) is 8.43. The van der Waals surface area contributed by atoms with Gasteiger partial charge in [-0.2, -0.15) is 0 Å². The van der Waals surface area contributed by atoms with Gasteiger partial charge in [0.25, 0.3) is 5.91 Å². The maximum absolute atomic E-state index is 13.3. The third-order valence-electron chi connectivity index (χ3n) is 5.69. The molecule has 0 radical (unpaired) electrons. The molecule has 0 aliphatic carbocycles. The zero-order valence-electron chi connectivity index (χ0n) is 18.9. The molecule has 2 heterocycles. The monoisotopic (exact) mass is 423 g/mol. The van der Waals surface area contributed by atoms with Crippen LogP contribution in [0.25, 0.3) is 6.08 Å². The van der Waals surface area contributed by atoms with Gasteiger partial charge < -0.3 is 14.7 Å². The van der Waals surface area contributed by atoms with E-state index in [-0.39, 0.29) is 30.6 Å². The molecule has 3 rings (SSSR count). The van der Waals surface area contributed by atoms with Crippen LogP contribution in [0.3, 0.4) is 0 Å². The van der Waals surface area contributed by atoms with E-state index in [0.717, 1.165) is 12.1 Å². The number of ether oxygens (including phenoxy) is 1. The number of aliphatic hydroxyl groups is 1. The second-order valence-corrected chi connectivity index (χ2v) is 8.43. The molecule has 1 aromatic heterocycles. The Balaban J connectivity index is 1.89. The molecule has 1 aliphatic heterocycles. The molecular weight excluding hydrogens is 390 g/mol. The van der Waals surface area contributed by atoms with E-state index in [1.165, 1.54) is 5.56 Å². The number of amides is 1. The van der Waals surface area contributed by atoms with Crippen molar-refractivity contribution in [2.24, 2.45) is 5.92 Å². The van der Waals surface area contributed by atoms with Gasteiger partial charge in [0.15, 0.2) is 0 Å². The highest BCUT2D eigenvalue weighted by Gasteiger charge is 2.34. The number of pyridine rings is 1. The lowest BCUT2D eigenvalue weighted by molar-refractivity contribution is 0.0325. The van der Waals surface area contributed by atoms with Crippen LogP contribution in [-0.2, 0) is 6.54 Å². The highest BCUT2D eigenvalue weighted by Crippen LogP contribution is 2.27. The highest BCUT2D eigenvalue weighted by atomic mass is 16.5. The molecule has 6 nitrogen and oxygen atoms in total. The van der Waals surface area contributed by atoms with Gasteiger partial charge in [-0.1, -0.05) is 49.4 Å². The fraction of sp³-hybridized carbons (Fsp3) is 0.440. The number of carbonyl (C=O) groups excluding carboxylic acids is 1. The molecule has 1 aliphatic rings. The van der Waals surface area contributed by atoms with Gasteiger partial charge in [-0.3, -0.25) is 9.69 Å². The molecule has 1 aromatic carbocycles. The number of nitrogens with zero attached hydrogens (tertiary/aromatic N) is 3. The van der Waals surface area contributed by atoms with E-state index in [1.54, 1.807) is 11.1 Å². The molecule has 0 saturated heterocycles. The molecule has 1 amide bonds. The first-order valence-corrected chi connectivity index (χ1v) is 10.9. The minimum Gasteiger partial charge on any atom is -0.472 e. The lowest BCUT2D eigenvalue weighted by Crippen LogP contribution is -2.49. The van der Waals surface area contributed by atoms with E-state index in [1.807, 2.05) is 50.3 Å². The number of benzene rings is 1. The summed E-state index contributed by atoms with van der Waals surface area (Å²) in [6.07, 6.45) is 5.40. The number of hydrogen-bond donors (Lipinski definition) is 1. The van der Waals surface area contributed by atoms with Gasteiger partial charge in [-0.05, 0) is 38.1 Å². The maximum Gasteiger partial charge on any atom is 0.259 e. The van der Waals surface area contributed by atoms with Gasteiger partial charge in [-0.15, -0.1) is 0 Å². The molecule has 166 valence electrons. The predicted molar refractivity (Wildman–Crippen MR) is 123 cm³/mol. The Labute approximate surface area is 185 Å². The Morgan fingerprint density at radius 2 is 2.10 bits per heavy atom. The second kappa shape index (κ2) is 10.6. The van der Waals surface area contributed by atoms with Crippen molar-refractivity contribution in [3.8, 4) is 5.88 Å². The van der Waals surface area contributed by atoms with Crippen LogP contribution in [0, 0.1) is 5.92 Å². The molecule has 2 aromatic rings. The number of hydrogen-bond acceptors (Lipinski definition) is 5. The fourth-order valence-electron chi connectivity index (χ4n) is 3.89. The largest absolute Gasteiger partial charge is 0.472 e. The molecule has 0 unspecified atom stereocenters. The summed E-state index contributed by atoms with van der Waals surface area (Å²) in [7, 11) is 2.07. The summed E-state index contributed by atoms with van der Waals surface area (Å²) in [6.45, 7) is 7.81. The van der Waals surface area contributed by atoms with Crippen LogP contribution in [0.1, 0.15) is 42.3 Å². The standard InChI is InChI=1S/C25H33N3O3/c1-5-9-21-12-22-24(26-13-21)31-23(16-27(4)15-20-10-7-6-8-11-20)18(2)14-28(25(22)30)19(3)17-29/h5-13,18-19,23,29H,14-17H2,1-4H3/b9-5+/t18-,19-,23-/m0/s1. The van der Waals surface area contributed by atoms with Crippen LogP contribution >= 0.6 is 0 Å². The molecule has 0 spiro atoms. The van der Waals surface area contributed by atoms with E-state index in [9.17, 15) is 9.90 Å². The van der Waals surface area contributed by atoms with Crippen molar-refractivity contribution in [3.63, 3.8) is 0 Å². The Kier molecular flexibility index (Phi) is 7.82. The van der Waals surface area contributed by atoms with Gasteiger partial charge >= 0.3 is 0 Å². The van der Waals surface area contributed by atoms with Crippen LogP contribution < -0.4 is 4.74 Å². The summed E-state index contributed by atoms with van der Waals surface area (Å²) in [5.41, 5.74) is 2.53. The molecule has 0 saturated carbocycles. The van der Waals surface area contributed by atoms with E-state index in [0.29, 0.717) is 24.5 Å². The van der Waals surface area contributed by atoms with Crippen LogP contribution in [0.15, 0.2) is 48.7 Å². The van der Waals surface area contributed by atoms with E-state index < -0.39 is 0 Å². The van der Waals surface area contributed by atoms with Crippen molar-refractivity contribution >= 4 is 12.0 Å². The highest BCUT2D eigenvalue weighted by molar-refractivity contribution is 5.97. The Morgan fingerprint density at radius 1 is 1.35 bits per heavy atom. The van der Waals surface area contributed by atoms with E-state index >= 15 is 0 Å². The Bertz CT molecular complexity index is 900. The van der Waals surface area contributed by atoms with Crippen molar-refractivity contribution < 1.29 is 14.6 Å². The van der Waals surface area contributed by atoms with Gasteiger partial charge in [0.1, 0.15) is 11.7 Å². The topological polar surface area (TPSA) is 65.9 Å². The zero-order valence-corrected chi connectivity index (χ0v) is 18.9. The summed E-state index contributed by atoms with van der Waals surface area (Å²) < 4.78 is 6.34. The number of allylic oxidation sites excluding steroid dienone is 1. The SMILES string of the molecule is C/C=C/c1cnc2c(c1)C(=O)N([C@@H](C)CO)C[C@H](C)[C@H](CN(C)Cc1ccccc1)O2. The van der Waals surface area contributed by atoms with Gasteiger partial charge in [-0.25, -0.2) is 4.98 Å². The number of carbonyl (C=O) groups is 1. The summed E-state index contributed by atoms with van der Waals surface area (Å²) in [6, 6.07) is 11.9. The number of aromatic nitrogens is 1. The van der Waals surface area contributed by atoms with Crippen molar-refractivity contribution in [1.82, 2.24) is 14.8 Å². The average Bonchev–Trinajstić information content (AvgIpc) is 2.77. The third-order valence-corrected chi connectivity index (χ3v) is 5.69. The molecule has 1 N–H and O–H groups in total. The summed E-state index contributed by atoms with van der Waals surface area (Å²) in [4.78, 5) is 21.8. The third kappa shape index (κ3) is 5.71. The van der Waals surface area contributed by atoms with Gasteiger partial charge in [0.2, 0.25) is 5.88 Å². The number of likely N-dealkylation sites (N-methyl/N-ethyl adjacent to an activating group) is 1. The predicted octanol–water partition coefficient (Wildman–Crippen LogP) is 3.47. The fourth-order valence-corrected chi connectivity index (χ4v) is 3.89. The van der Waals surface area contributed by atoms with Crippen LogP contribution in [0.2, 0.25) is 0 Å². The zero-order chi connectivity index (χ0) is 22.4. The lowest BCUT2D eigenvalue weighted by Gasteiger charge is -2.37. The molecule has 0 fully saturated rings. The molecule has 0 bridgehead atoms. The quantitative estimate of drug-likeness (QED) is 0.739. The Hall–Kier alpha value is -2.70. The molecular formula is C25H33N3O3. The van der Waals surface area contributed by atoms with Gasteiger partial charge in [0.05, 0.1) is 12.6 Å². The number of rotatable bonds is 7. The first kappa shape index (κ1) is 23.0. The smallest absolute Gasteiger partial charge is 0.259 e. The molecule has 6 heteroatoms.